The van der Waals surface area contributed by atoms with Crippen molar-refractivity contribution in [1.29, 1.82) is 0 Å². The molecule has 0 fully saturated rings. The lowest BCUT2D eigenvalue weighted by atomic mass is 10.1. The third kappa shape index (κ3) is 2.99. The van der Waals surface area contributed by atoms with E-state index in [0.29, 0.717) is 10.0 Å². The number of nitrogens with two attached hydrogens (primary N) is 1. The summed E-state index contributed by atoms with van der Waals surface area (Å²) in [6.45, 7) is 0. The van der Waals surface area contributed by atoms with Crippen LogP contribution in [0, 0.1) is 5.82 Å². The predicted octanol–water partition coefficient (Wildman–Crippen LogP) is 3.24. The molecule has 0 aliphatic heterocycles. The van der Waals surface area contributed by atoms with E-state index in [9.17, 15) is 13.2 Å². The van der Waals surface area contributed by atoms with E-state index in [1.54, 1.807) is 0 Å². The molecule has 0 amide bonds. The summed E-state index contributed by atoms with van der Waals surface area (Å²) < 4.78 is 37.1. The van der Waals surface area contributed by atoms with Gasteiger partial charge >= 0.3 is 0 Å². The molecule has 1 rings (SSSR count). The van der Waals surface area contributed by atoms with E-state index in [2.05, 4.69) is 15.9 Å². The van der Waals surface area contributed by atoms with Gasteiger partial charge in [0.25, 0.3) is 0 Å². The molecule has 0 unspecified atom stereocenters. The number of halogens is 4. The Kier molecular flexibility index (Phi) is 3.95. The molecule has 2 N–H and O–H groups in total. The van der Waals surface area contributed by atoms with Crippen molar-refractivity contribution in [3.63, 3.8) is 0 Å². The normalized spacial score (nSPS) is 13.3. The first-order valence-electron chi connectivity index (χ1n) is 3.99. The smallest absolute Gasteiger partial charge is 0.240 e. The Morgan fingerprint density at radius 1 is 1.36 bits per heavy atom. The number of hydrogen-bond donors (Lipinski definition) is 1. The molecule has 0 aromatic heterocycles. The van der Waals surface area contributed by atoms with Crippen molar-refractivity contribution in [3.8, 4) is 0 Å². The maximum Gasteiger partial charge on any atom is 0.240 e. The van der Waals surface area contributed by atoms with Crippen molar-refractivity contribution in [2.75, 3.05) is 0 Å². The summed E-state index contributed by atoms with van der Waals surface area (Å²) in [4.78, 5) is 0. The molecular formula is C9H9BrF3N. The molecule has 5 heteroatoms. The highest BCUT2D eigenvalue weighted by Crippen LogP contribution is 2.26. The summed E-state index contributed by atoms with van der Waals surface area (Å²) in [5, 5.41) is 0. The lowest BCUT2D eigenvalue weighted by Gasteiger charge is -2.13. The molecule has 0 saturated heterocycles. The van der Waals surface area contributed by atoms with E-state index in [0.717, 1.165) is 0 Å². The van der Waals surface area contributed by atoms with E-state index in [4.69, 9.17) is 5.73 Å². The van der Waals surface area contributed by atoms with Gasteiger partial charge in [-0.15, -0.1) is 0 Å². The second-order valence-electron chi connectivity index (χ2n) is 2.90. The highest BCUT2D eigenvalue weighted by Gasteiger charge is 2.15. The van der Waals surface area contributed by atoms with Crippen LogP contribution in [-0.2, 0) is 0 Å². The third-order valence-corrected chi connectivity index (χ3v) is 2.48. The van der Waals surface area contributed by atoms with Crippen molar-refractivity contribution in [3.05, 3.63) is 34.1 Å². The van der Waals surface area contributed by atoms with Gasteiger partial charge in [-0.05, 0) is 17.7 Å². The first-order valence-corrected chi connectivity index (χ1v) is 4.78. The molecule has 0 saturated carbocycles. The van der Waals surface area contributed by atoms with Crippen molar-refractivity contribution < 1.29 is 13.2 Å². The minimum atomic E-state index is -2.46. The molecule has 0 aliphatic rings. The zero-order chi connectivity index (χ0) is 10.7. The largest absolute Gasteiger partial charge is 0.324 e. The Morgan fingerprint density at radius 2 is 2.00 bits per heavy atom. The molecule has 0 radical (unpaired) electrons. The summed E-state index contributed by atoms with van der Waals surface area (Å²) in [6, 6.07) is 3.04. The highest BCUT2D eigenvalue weighted by atomic mass is 79.9. The molecule has 14 heavy (non-hydrogen) atoms. The average molecular weight is 268 g/mol. The zero-order valence-corrected chi connectivity index (χ0v) is 8.77. The van der Waals surface area contributed by atoms with Crippen LogP contribution in [0.15, 0.2) is 22.7 Å². The Hall–Kier alpha value is -0.550. The summed E-state index contributed by atoms with van der Waals surface area (Å²) in [5.41, 5.74) is 6.01. The SMILES string of the molecule is N[C@H](CC(F)F)c1ccc(F)cc1Br. The number of alkyl halides is 2. The van der Waals surface area contributed by atoms with Crippen molar-refractivity contribution in [2.45, 2.75) is 18.9 Å². The maximum absolute atomic E-state index is 12.7. The van der Waals surface area contributed by atoms with Crippen molar-refractivity contribution >= 4 is 15.9 Å². The van der Waals surface area contributed by atoms with E-state index in [-0.39, 0.29) is 0 Å². The number of rotatable bonds is 3. The van der Waals surface area contributed by atoms with Crippen LogP contribution in [0.4, 0.5) is 13.2 Å². The fourth-order valence-electron chi connectivity index (χ4n) is 1.12. The van der Waals surface area contributed by atoms with Gasteiger partial charge in [0.1, 0.15) is 5.82 Å². The van der Waals surface area contributed by atoms with Gasteiger partial charge in [-0.3, -0.25) is 0 Å². The zero-order valence-electron chi connectivity index (χ0n) is 7.18. The first kappa shape index (κ1) is 11.5. The van der Waals surface area contributed by atoms with Crippen molar-refractivity contribution in [1.82, 2.24) is 0 Å². The molecule has 0 aliphatic carbocycles. The summed E-state index contributed by atoms with van der Waals surface area (Å²) in [7, 11) is 0. The van der Waals surface area contributed by atoms with E-state index >= 15 is 0 Å². The van der Waals surface area contributed by atoms with Crippen LogP contribution in [0.1, 0.15) is 18.0 Å². The highest BCUT2D eigenvalue weighted by molar-refractivity contribution is 9.10. The van der Waals surface area contributed by atoms with Crippen molar-refractivity contribution in [2.24, 2.45) is 5.73 Å². The molecule has 78 valence electrons. The van der Waals surface area contributed by atoms with E-state index < -0.39 is 24.7 Å². The third-order valence-electron chi connectivity index (χ3n) is 1.79. The molecule has 0 heterocycles. The Bertz CT molecular complexity index is 317. The number of hydrogen-bond acceptors (Lipinski definition) is 1. The Balaban J connectivity index is 2.84. The lowest BCUT2D eigenvalue weighted by molar-refractivity contribution is 0.128. The minimum Gasteiger partial charge on any atom is -0.324 e. The lowest BCUT2D eigenvalue weighted by Crippen LogP contribution is -2.14. The second-order valence-corrected chi connectivity index (χ2v) is 3.75. The Labute approximate surface area is 88.2 Å². The molecule has 0 spiro atoms. The van der Waals surface area contributed by atoms with Crippen LogP contribution in [0.25, 0.3) is 0 Å². The first-order chi connectivity index (χ1) is 6.50. The van der Waals surface area contributed by atoms with Gasteiger partial charge in [0, 0.05) is 16.9 Å². The molecule has 1 nitrogen and oxygen atoms in total. The van der Waals surface area contributed by atoms with E-state index in [1.807, 2.05) is 0 Å². The Morgan fingerprint density at radius 3 is 2.50 bits per heavy atom. The standard InChI is InChI=1S/C9H9BrF3N/c10-7-3-5(11)1-2-6(7)8(14)4-9(12)13/h1-3,8-9H,4,14H2/t8-/m1/s1. The topological polar surface area (TPSA) is 26.0 Å². The van der Waals surface area contributed by atoms with Crippen LogP contribution < -0.4 is 5.73 Å². The van der Waals surface area contributed by atoms with Crippen LogP contribution in [0.5, 0.6) is 0 Å². The van der Waals surface area contributed by atoms with Gasteiger partial charge in [-0.25, -0.2) is 13.2 Å². The fraction of sp³-hybridized carbons (Fsp3) is 0.333. The fourth-order valence-corrected chi connectivity index (χ4v) is 1.77. The van der Waals surface area contributed by atoms with Crippen LogP contribution in [-0.4, -0.2) is 6.43 Å². The van der Waals surface area contributed by atoms with Gasteiger partial charge in [-0.2, -0.15) is 0 Å². The number of benzene rings is 1. The minimum absolute atomic E-state index is 0.422. The van der Waals surface area contributed by atoms with E-state index in [1.165, 1.54) is 18.2 Å². The molecular weight excluding hydrogens is 259 g/mol. The average Bonchev–Trinajstić information content (AvgIpc) is 2.01. The maximum atomic E-state index is 12.7. The van der Waals surface area contributed by atoms with Crippen LogP contribution >= 0.6 is 15.9 Å². The monoisotopic (exact) mass is 267 g/mol. The predicted molar refractivity (Wildman–Crippen MR) is 51.6 cm³/mol. The molecule has 1 aromatic rings. The quantitative estimate of drug-likeness (QED) is 0.894. The van der Waals surface area contributed by atoms with Crippen LogP contribution in [0.2, 0.25) is 0 Å². The summed E-state index contributed by atoms with van der Waals surface area (Å²) in [5.74, 6) is -0.426. The van der Waals surface area contributed by atoms with Gasteiger partial charge in [0.15, 0.2) is 0 Å². The van der Waals surface area contributed by atoms with Gasteiger partial charge < -0.3 is 5.73 Å². The summed E-state index contributed by atoms with van der Waals surface area (Å²) >= 11 is 3.07. The summed E-state index contributed by atoms with van der Waals surface area (Å²) in [6.07, 6.45) is -2.88. The van der Waals surface area contributed by atoms with Gasteiger partial charge in [0.2, 0.25) is 6.43 Å². The van der Waals surface area contributed by atoms with Gasteiger partial charge in [0.05, 0.1) is 0 Å². The molecule has 1 aromatic carbocycles. The second kappa shape index (κ2) is 4.79. The van der Waals surface area contributed by atoms with Gasteiger partial charge in [-0.1, -0.05) is 22.0 Å². The molecule has 0 bridgehead atoms. The van der Waals surface area contributed by atoms with Crippen LogP contribution in [0.3, 0.4) is 0 Å². The molecule has 1 atom stereocenters.